The molecule has 5 unspecified atom stereocenters. The Kier molecular flexibility index (Phi) is 6.35. The molecule has 1 saturated heterocycles. The molecule has 0 radical (unpaired) electrons. The van der Waals surface area contributed by atoms with Crippen molar-refractivity contribution in [3.8, 4) is 0 Å². The minimum absolute atomic E-state index is 0.0169. The topological polar surface area (TPSA) is 189 Å². The Balaban J connectivity index is 1.26. The summed E-state index contributed by atoms with van der Waals surface area (Å²) in [5.74, 6) is -0.350. The fourth-order valence-corrected chi connectivity index (χ4v) is 9.48. The lowest BCUT2D eigenvalue weighted by molar-refractivity contribution is -0.134. The number of hydrogen-bond donors (Lipinski definition) is 5. The van der Waals surface area contributed by atoms with Crippen molar-refractivity contribution in [3.05, 3.63) is 11.6 Å². The summed E-state index contributed by atoms with van der Waals surface area (Å²) in [7, 11) is -4.46. The highest BCUT2D eigenvalue weighted by Crippen LogP contribution is 2.67. The molecule has 5 fully saturated rings. The fraction of sp³-hybridized carbons (Fsp3) is 0.750. The van der Waals surface area contributed by atoms with Gasteiger partial charge in [0.15, 0.2) is 23.2 Å². The molecule has 0 amide bonds. The molecular weight excluding hydrogens is 553 g/mol. The Labute approximate surface area is 229 Å². The summed E-state index contributed by atoms with van der Waals surface area (Å²) in [6, 6.07) is 0. The molecule has 7 rings (SSSR count). The number of halogens is 1. The summed E-state index contributed by atoms with van der Waals surface area (Å²) in [4.78, 5) is 33.8. The van der Waals surface area contributed by atoms with Crippen LogP contribution >= 0.6 is 19.2 Å². The normalized spacial score (nSPS) is 40.7. The molecule has 5 N–H and O–H groups in total. The summed E-state index contributed by atoms with van der Waals surface area (Å²) in [5, 5.41) is 33.7. The van der Waals surface area contributed by atoms with E-state index in [1.165, 1.54) is 30.2 Å². The van der Waals surface area contributed by atoms with Crippen LogP contribution in [-0.2, 0) is 18.6 Å². The fourth-order valence-electron chi connectivity index (χ4n) is 8.50. The van der Waals surface area contributed by atoms with Crippen molar-refractivity contribution in [2.75, 3.05) is 18.1 Å². The number of aliphatic carboxylic acids is 1. The van der Waals surface area contributed by atoms with Crippen LogP contribution in [0.15, 0.2) is 6.33 Å². The van der Waals surface area contributed by atoms with Crippen molar-refractivity contribution in [1.82, 2.24) is 19.5 Å². The molecule has 4 saturated carbocycles. The smallest absolute Gasteiger partial charge is 0.339 e. The molecule has 13 nitrogen and oxygen atoms in total. The minimum atomic E-state index is -4.46. The van der Waals surface area contributed by atoms with Gasteiger partial charge in [-0.05, 0) is 66.9 Å². The maximum Gasteiger partial charge on any atom is 0.339 e. The van der Waals surface area contributed by atoms with E-state index in [2.05, 4.69) is 34.1 Å². The van der Waals surface area contributed by atoms with Gasteiger partial charge in [-0.1, -0.05) is 13.8 Å². The molecule has 2 aromatic rings. The molecule has 9 atom stereocenters. The Hall–Kier alpha value is -1.86. The maximum atomic E-state index is 11.9. The van der Waals surface area contributed by atoms with E-state index < -0.39 is 50.9 Å². The Morgan fingerprint density at radius 3 is 2.54 bits per heavy atom. The first kappa shape index (κ1) is 27.3. The van der Waals surface area contributed by atoms with E-state index in [0.717, 1.165) is 19.3 Å². The number of ether oxygens (including phenoxy) is 1. The molecule has 0 spiro atoms. The number of aliphatic hydroxyl groups excluding tert-OH is 2. The van der Waals surface area contributed by atoms with Gasteiger partial charge in [-0.3, -0.25) is 13.9 Å². The number of fused-ring (bicyclic) bond motifs is 1. The second-order valence-electron chi connectivity index (χ2n) is 12.7. The number of rotatable bonds is 8. The average molecular weight is 586 g/mol. The van der Waals surface area contributed by atoms with Crippen LogP contribution in [0.25, 0.3) is 11.2 Å². The lowest BCUT2D eigenvalue weighted by Gasteiger charge is -2.65. The van der Waals surface area contributed by atoms with Crippen LogP contribution in [0.4, 0.5) is 5.82 Å². The highest BCUT2D eigenvalue weighted by Gasteiger charge is 2.60. The molecule has 4 bridgehead atoms. The highest BCUT2D eigenvalue weighted by molar-refractivity contribution is 7.53. The van der Waals surface area contributed by atoms with Crippen molar-refractivity contribution < 1.29 is 38.8 Å². The predicted octanol–water partition coefficient (Wildman–Crippen LogP) is 2.55. The van der Waals surface area contributed by atoms with Crippen LogP contribution in [-0.4, -0.2) is 82.3 Å². The average Bonchev–Trinajstić information content (AvgIpc) is 3.30. The van der Waals surface area contributed by atoms with E-state index >= 15 is 0 Å². The monoisotopic (exact) mass is 585 g/mol. The van der Waals surface area contributed by atoms with Crippen molar-refractivity contribution in [2.45, 2.75) is 82.5 Å². The second-order valence-corrected chi connectivity index (χ2v) is 14.9. The first-order valence-corrected chi connectivity index (χ1v) is 15.2. The van der Waals surface area contributed by atoms with E-state index in [-0.39, 0.29) is 27.3 Å². The molecular formula is C24H33ClN5O8P. The summed E-state index contributed by atoms with van der Waals surface area (Å²) in [6.07, 6.45) is 1.83. The summed E-state index contributed by atoms with van der Waals surface area (Å²) < 4.78 is 24.0. The zero-order chi connectivity index (χ0) is 28.0. The molecule has 5 aliphatic rings. The number of nitrogens with zero attached hydrogens (tertiary/aromatic N) is 4. The maximum absolute atomic E-state index is 11.9. The lowest BCUT2D eigenvalue weighted by Crippen LogP contribution is -2.61. The van der Waals surface area contributed by atoms with E-state index in [1.54, 1.807) is 0 Å². The van der Waals surface area contributed by atoms with E-state index in [0.29, 0.717) is 17.3 Å². The Morgan fingerprint density at radius 1 is 1.21 bits per heavy atom. The highest BCUT2D eigenvalue weighted by atomic mass is 35.5. The lowest BCUT2D eigenvalue weighted by atomic mass is 9.43. The van der Waals surface area contributed by atoms with Gasteiger partial charge in [0.1, 0.15) is 24.5 Å². The molecule has 39 heavy (non-hydrogen) atoms. The van der Waals surface area contributed by atoms with Gasteiger partial charge < -0.3 is 34.8 Å². The molecule has 15 heteroatoms. The second kappa shape index (κ2) is 9.07. The first-order chi connectivity index (χ1) is 18.2. The van der Waals surface area contributed by atoms with Gasteiger partial charge >= 0.3 is 13.6 Å². The third-order valence-corrected chi connectivity index (χ3v) is 10.2. The van der Waals surface area contributed by atoms with Crippen molar-refractivity contribution in [1.29, 1.82) is 0 Å². The largest absolute Gasteiger partial charge is 0.481 e. The molecule has 4 aliphatic carbocycles. The van der Waals surface area contributed by atoms with E-state index in [9.17, 15) is 24.5 Å². The van der Waals surface area contributed by atoms with Crippen LogP contribution in [0.5, 0.6) is 0 Å². The molecule has 1 aliphatic heterocycles. The number of carbonyl (C=O) groups is 1. The van der Waals surface area contributed by atoms with Crippen LogP contribution < -0.4 is 5.32 Å². The van der Waals surface area contributed by atoms with Crippen LogP contribution in [0.2, 0.25) is 5.28 Å². The van der Waals surface area contributed by atoms with Crippen LogP contribution in [0.3, 0.4) is 0 Å². The quantitative estimate of drug-likeness (QED) is 0.225. The standard InChI is InChI=1S/C24H33ClN5O8P/c1-22-3-12-4-23(2,8-22)10-24(5-12,9-22)29-18-15-19(28-21(25)27-18)30(11-26-15)20-17(34)16(33)13(38-20)6-37-39(35,36)7-14(31)32/h11-13,16-17,20,33-34H,3-10H2,1-2H3,(H,31,32)(H,35,36)(H,27,28,29)/t12?,13-,16?,17?,20-,22-,23+,24?/m1/s1. The Bertz CT molecular complexity index is 1360. The van der Waals surface area contributed by atoms with Gasteiger partial charge in [-0.2, -0.15) is 9.97 Å². The van der Waals surface area contributed by atoms with Gasteiger partial charge in [0.2, 0.25) is 5.28 Å². The van der Waals surface area contributed by atoms with E-state index in [4.69, 9.17) is 26.0 Å². The van der Waals surface area contributed by atoms with Gasteiger partial charge in [0.05, 0.1) is 12.9 Å². The summed E-state index contributed by atoms with van der Waals surface area (Å²) >= 11 is 6.35. The van der Waals surface area contributed by atoms with Gasteiger partial charge in [-0.25, -0.2) is 4.98 Å². The van der Waals surface area contributed by atoms with Crippen molar-refractivity contribution >= 4 is 42.1 Å². The third-order valence-electron chi connectivity index (χ3n) is 8.79. The zero-order valence-electron chi connectivity index (χ0n) is 21.7. The zero-order valence-corrected chi connectivity index (χ0v) is 23.3. The number of carboxylic acid groups (broad SMARTS) is 1. The van der Waals surface area contributed by atoms with Gasteiger partial charge in [0, 0.05) is 5.54 Å². The first-order valence-electron chi connectivity index (χ1n) is 13.1. The number of aromatic nitrogens is 4. The van der Waals surface area contributed by atoms with E-state index in [1.807, 2.05) is 0 Å². The third kappa shape index (κ3) is 4.96. The number of imidazole rings is 1. The van der Waals surface area contributed by atoms with Gasteiger partial charge in [-0.15, -0.1) is 0 Å². The number of aliphatic hydroxyl groups is 2. The molecule has 0 aromatic carbocycles. The van der Waals surface area contributed by atoms with Crippen LogP contribution in [0, 0.1) is 16.7 Å². The number of hydrogen-bond acceptors (Lipinski definition) is 10. The van der Waals surface area contributed by atoms with Crippen molar-refractivity contribution in [3.63, 3.8) is 0 Å². The number of anilines is 1. The SMILES string of the molecule is C[C@]12CC3CC(Nc4nc(Cl)nc5c4ncn5[C@@H]4O[C@H](COP(=O)(O)CC(=O)O)C(O)C4O)(C1)C[C@@](C)(C3)C2. The van der Waals surface area contributed by atoms with Crippen LogP contribution in [0.1, 0.15) is 58.6 Å². The molecule has 3 heterocycles. The van der Waals surface area contributed by atoms with Gasteiger partial charge in [0.25, 0.3) is 0 Å². The summed E-state index contributed by atoms with van der Waals surface area (Å²) in [6.45, 7) is 4.16. The minimum Gasteiger partial charge on any atom is -0.481 e. The number of nitrogens with one attached hydrogen (secondary N) is 1. The summed E-state index contributed by atoms with van der Waals surface area (Å²) in [5.41, 5.74) is 1.14. The van der Waals surface area contributed by atoms with Crippen molar-refractivity contribution in [2.24, 2.45) is 16.7 Å². The molecule has 2 aromatic heterocycles. The molecule has 214 valence electrons. The predicted molar refractivity (Wildman–Crippen MR) is 138 cm³/mol. The Morgan fingerprint density at radius 2 is 1.90 bits per heavy atom. The number of carboxylic acids is 1.